The van der Waals surface area contributed by atoms with Crippen molar-refractivity contribution < 1.29 is 9.15 Å². The Kier molecular flexibility index (Phi) is 3.96. The van der Waals surface area contributed by atoms with Crippen molar-refractivity contribution in [2.75, 3.05) is 7.11 Å². The molecule has 4 nitrogen and oxygen atoms in total. The summed E-state index contributed by atoms with van der Waals surface area (Å²) in [5.74, 6) is 7.27. The second-order valence-electron chi connectivity index (χ2n) is 4.68. The summed E-state index contributed by atoms with van der Waals surface area (Å²) in [5.41, 5.74) is 4.64. The smallest absolute Gasteiger partial charge is 0.134 e. The van der Waals surface area contributed by atoms with Gasteiger partial charge in [-0.3, -0.25) is 5.84 Å². The number of methoxy groups -OCH3 is 1. The van der Waals surface area contributed by atoms with E-state index in [1.807, 2.05) is 48.5 Å². The Bertz CT molecular complexity index is 737. The molecular weight excluding hydrogens is 332 g/mol. The first kappa shape index (κ1) is 14.1. The number of halogens is 1. The average molecular weight is 347 g/mol. The first-order valence-corrected chi connectivity index (χ1v) is 7.30. The maximum absolute atomic E-state index is 5.88. The van der Waals surface area contributed by atoms with Gasteiger partial charge in [0.1, 0.15) is 23.1 Å². The lowest BCUT2D eigenvalue weighted by molar-refractivity contribution is 0.411. The molecule has 0 saturated heterocycles. The largest absolute Gasteiger partial charge is 0.496 e. The van der Waals surface area contributed by atoms with E-state index in [-0.39, 0.29) is 6.04 Å². The molecule has 0 aliphatic carbocycles. The Morgan fingerprint density at radius 2 is 2.00 bits per heavy atom. The summed E-state index contributed by atoms with van der Waals surface area (Å²) in [6.07, 6.45) is 0. The molecule has 21 heavy (non-hydrogen) atoms. The average Bonchev–Trinajstić information content (AvgIpc) is 2.91. The molecule has 0 spiro atoms. The van der Waals surface area contributed by atoms with Crippen molar-refractivity contribution in [3.8, 4) is 5.75 Å². The van der Waals surface area contributed by atoms with Crippen LogP contribution < -0.4 is 16.0 Å². The second kappa shape index (κ2) is 5.89. The Labute approximate surface area is 131 Å². The predicted molar refractivity (Wildman–Crippen MR) is 86.1 cm³/mol. The summed E-state index contributed by atoms with van der Waals surface area (Å²) < 4.78 is 12.0. The van der Waals surface area contributed by atoms with Crippen molar-refractivity contribution in [3.05, 3.63) is 64.3 Å². The third-order valence-electron chi connectivity index (χ3n) is 3.40. The van der Waals surface area contributed by atoms with E-state index < -0.39 is 0 Å². The highest BCUT2D eigenvalue weighted by molar-refractivity contribution is 9.10. The molecule has 1 atom stereocenters. The zero-order valence-corrected chi connectivity index (χ0v) is 13.1. The molecule has 0 aliphatic rings. The molecule has 108 valence electrons. The highest BCUT2D eigenvalue weighted by Crippen LogP contribution is 2.32. The van der Waals surface area contributed by atoms with Crippen LogP contribution in [0.2, 0.25) is 0 Å². The van der Waals surface area contributed by atoms with E-state index in [1.54, 1.807) is 7.11 Å². The van der Waals surface area contributed by atoms with Gasteiger partial charge in [0.25, 0.3) is 0 Å². The number of fused-ring (bicyclic) bond motifs is 1. The van der Waals surface area contributed by atoms with Crippen LogP contribution in [0.5, 0.6) is 5.75 Å². The second-order valence-corrected chi connectivity index (χ2v) is 5.53. The predicted octanol–water partition coefficient (Wildman–Crippen LogP) is 3.76. The topological polar surface area (TPSA) is 60.4 Å². The number of hydrogen-bond donors (Lipinski definition) is 2. The number of para-hydroxylation sites is 1. The SMILES string of the molecule is COc1ccc(C(NN)c2cc3ccccc3o2)cc1Br. The summed E-state index contributed by atoms with van der Waals surface area (Å²) in [5, 5.41) is 1.06. The quantitative estimate of drug-likeness (QED) is 0.557. The van der Waals surface area contributed by atoms with Gasteiger partial charge in [0.2, 0.25) is 0 Å². The molecule has 0 aliphatic heterocycles. The number of hydrazine groups is 1. The van der Waals surface area contributed by atoms with Gasteiger partial charge in [-0.2, -0.15) is 0 Å². The van der Waals surface area contributed by atoms with Gasteiger partial charge in [0, 0.05) is 5.39 Å². The molecule has 0 saturated carbocycles. The molecule has 0 radical (unpaired) electrons. The monoisotopic (exact) mass is 346 g/mol. The van der Waals surface area contributed by atoms with Gasteiger partial charge < -0.3 is 9.15 Å². The molecule has 5 heteroatoms. The van der Waals surface area contributed by atoms with E-state index in [4.69, 9.17) is 15.0 Å². The molecule has 0 amide bonds. The van der Waals surface area contributed by atoms with E-state index in [2.05, 4.69) is 21.4 Å². The fraction of sp³-hybridized carbons (Fsp3) is 0.125. The fourth-order valence-corrected chi connectivity index (χ4v) is 2.91. The minimum absolute atomic E-state index is 0.223. The van der Waals surface area contributed by atoms with Crippen LogP contribution in [0.3, 0.4) is 0 Å². The van der Waals surface area contributed by atoms with E-state index in [1.165, 1.54) is 0 Å². The number of hydrogen-bond acceptors (Lipinski definition) is 4. The van der Waals surface area contributed by atoms with Crippen molar-refractivity contribution in [2.24, 2.45) is 5.84 Å². The summed E-state index contributed by atoms with van der Waals surface area (Å²) in [6, 6.07) is 15.5. The van der Waals surface area contributed by atoms with Gasteiger partial charge in [-0.1, -0.05) is 24.3 Å². The van der Waals surface area contributed by atoms with Crippen LogP contribution in [0.1, 0.15) is 17.4 Å². The zero-order valence-electron chi connectivity index (χ0n) is 11.5. The minimum atomic E-state index is -0.223. The molecule has 3 aromatic rings. The number of ether oxygens (including phenoxy) is 1. The van der Waals surface area contributed by atoms with Gasteiger partial charge in [-0.15, -0.1) is 0 Å². The van der Waals surface area contributed by atoms with Gasteiger partial charge >= 0.3 is 0 Å². The fourth-order valence-electron chi connectivity index (χ4n) is 2.35. The first-order chi connectivity index (χ1) is 10.2. The van der Waals surface area contributed by atoms with E-state index in [9.17, 15) is 0 Å². The molecule has 3 rings (SSSR count). The first-order valence-electron chi connectivity index (χ1n) is 6.51. The highest BCUT2D eigenvalue weighted by Gasteiger charge is 2.18. The van der Waals surface area contributed by atoms with Crippen molar-refractivity contribution in [2.45, 2.75) is 6.04 Å². The van der Waals surface area contributed by atoms with Gasteiger partial charge in [0.15, 0.2) is 0 Å². The summed E-state index contributed by atoms with van der Waals surface area (Å²) >= 11 is 3.49. The Hall–Kier alpha value is -1.82. The van der Waals surface area contributed by atoms with Crippen LogP contribution in [0.15, 0.2) is 57.4 Å². The van der Waals surface area contributed by atoms with Crippen LogP contribution in [0, 0.1) is 0 Å². The molecule has 0 fully saturated rings. The van der Waals surface area contributed by atoms with Gasteiger partial charge in [-0.05, 0) is 45.8 Å². The third-order valence-corrected chi connectivity index (χ3v) is 4.02. The maximum Gasteiger partial charge on any atom is 0.134 e. The van der Waals surface area contributed by atoms with Crippen molar-refractivity contribution in [1.82, 2.24) is 5.43 Å². The highest BCUT2D eigenvalue weighted by atomic mass is 79.9. The van der Waals surface area contributed by atoms with Crippen molar-refractivity contribution >= 4 is 26.9 Å². The zero-order chi connectivity index (χ0) is 14.8. The summed E-state index contributed by atoms with van der Waals surface area (Å²) in [6.45, 7) is 0. The summed E-state index contributed by atoms with van der Waals surface area (Å²) in [4.78, 5) is 0. The molecule has 0 bridgehead atoms. The molecule has 3 N–H and O–H groups in total. The van der Waals surface area contributed by atoms with Crippen LogP contribution in [-0.2, 0) is 0 Å². The third kappa shape index (κ3) is 2.68. The number of nitrogens with one attached hydrogen (secondary N) is 1. The molecule has 1 heterocycles. The number of rotatable bonds is 4. The molecule has 2 aromatic carbocycles. The molecule has 1 unspecified atom stereocenters. The Balaban J connectivity index is 2.03. The van der Waals surface area contributed by atoms with Crippen LogP contribution >= 0.6 is 15.9 Å². The Morgan fingerprint density at radius 3 is 2.67 bits per heavy atom. The lowest BCUT2D eigenvalue weighted by atomic mass is 10.0. The number of nitrogens with two attached hydrogens (primary N) is 1. The van der Waals surface area contributed by atoms with E-state index in [0.29, 0.717) is 0 Å². The summed E-state index contributed by atoms with van der Waals surface area (Å²) in [7, 11) is 1.64. The standard InChI is InChI=1S/C16H15BrN2O2/c1-20-14-7-6-11(8-12(14)17)16(19-18)15-9-10-4-2-3-5-13(10)21-15/h2-9,16,19H,18H2,1H3. The maximum atomic E-state index is 5.88. The number of furan rings is 1. The van der Waals surface area contributed by atoms with Crippen molar-refractivity contribution in [3.63, 3.8) is 0 Å². The number of benzene rings is 2. The molecular formula is C16H15BrN2O2. The lowest BCUT2D eigenvalue weighted by Crippen LogP contribution is -2.28. The van der Waals surface area contributed by atoms with Crippen LogP contribution in [0.4, 0.5) is 0 Å². The van der Waals surface area contributed by atoms with Crippen LogP contribution in [-0.4, -0.2) is 7.11 Å². The van der Waals surface area contributed by atoms with E-state index >= 15 is 0 Å². The minimum Gasteiger partial charge on any atom is -0.496 e. The van der Waals surface area contributed by atoms with Crippen molar-refractivity contribution in [1.29, 1.82) is 0 Å². The van der Waals surface area contributed by atoms with Gasteiger partial charge in [-0.25, -0.2) is 5.43 Å². The van der Waals surface area contributed by atoms with Crippen LogP contribution in [0.25, 0.3) is 11.0 Å². The van der Waals surface area contributed by atoms with Gasteiger partial charge in [0.05, 0.1) is 11.6 Å². The normalized spacial score (nSPS) is 12.5. The lowest BCUT2D eigenvalue weighted by Gasteiger charge is -2.15. The Morgan fingerprint density at radius 1 is 1.19 bits per heavy atom. The van der Waals surface area contributed by atoms with E-state index in [0.717, 1.165) is 32.5 Å². The molecule has 1 aromatic heterocycles.